The largest absolute Gasteiger partial charge is 0.456 e. The smallest absolute Gasteiger partial charge is 0.231 e. The van der Waals surface area contributed by atoms with Crippen molar-refractivity contribution in [3.63, 3.8) is 0 Å². The molecule has 0 aliphatic carbocycles. The Hall–Kier alpha value is -2.34. The van der Waals surface area contributed by atoms with Crippen molar-refractivity contribution in [1.29, 1.82) is 0 Å². The number of allylic oxidation sites excluding steroid dienone is 2. The number of benzene rings is 1. The first kappa shape index (κ1) is 26.7. The van der Waals surface area contributed by atoms with Gasteiger partial charge in [-0.25, -0.2) is 12.8 Å². The van der Waals surface area contributed by atoms with Gasteiger partial charge in [-0.15, -0.1) is 0 Å². The molecule has 2 aromatic rings. The van der Waals surface area contributed by atoms with E-state index >= 15 is 0 Å². The molecular formula is C23H34FNO3S. The van der Waals surface area contributed by atoms with Crippen LogP contribution in [-0.2, 0) is 10.0 Å². The fourth-order valence-corrected chi connectivity index (χ4v) is 2.77. The minimum absolute atomic E-state index is 0.325. The molecule has 29 heavy (non-hydrogen) atoms. The molecule has 4 nitrogen and oxygen atoms in total. The highest BCUT2D eigenvalue weighted by molar-refractivity contribution is 7.88. The Balaban J connectivity index is 0.00000143. The molecule has 0 N–H and O–H groups in total. The van der Waals surface area contributed by atoms with Crippen LogP contribution in [0.2, 0.25) is 0 Å². The molecule has 0 atom stereocenters. The van der Waals surface area contributed by atoms with Crippen LogP contribution in [0.1, 0.15) is 48.0 Å². The van der Waals surface area contributed by atoms with Gasteiger partial charge in [-0.3, -0.25) is 4.31 Å². The summed E-state index contributed by atoms with van der Waals surface area (Å²) in [7, 11) is -1.90. The van der Waals surface area contributed by atoms with Gasteiger partial charge in [-0.1, -0.05) is 46.3 Å². The fraction of sp³-hybridized carbons (Fsp3) is 0.391. The fourth-order valence-electron chi connectivity index (χ4n) is 2.17. The zero-order chi connectivity index (χ0) is 22.8. The standard InChI is InChI=1S/C18H20FNO3S.C3H8.C2H6/c1-12(2)16(20(4)24(5,21)22)11-17-13(3)10-18(23-17)14-6-8-15(19)9-7-14;1-3-2;1-2/h6-11H,3H2,1-2,4-5H3;3H2,1-2H3;1-2H3/b17-11+;;. The third kappa shape index (κ3) is 8.28. The van der Waals surface area contributed by atoms with E-state index in [0.717, 1.165) is 17.4 Å². The number of hydrogen-bond donors (Lipinski definition) is 0. The molecule has 0 spiro atoms. The van der Waals surface area contributed by atoms with Crippen LogP contribution in [0.3, 0.4) is 0 Å². The number of halogens is 1. The van der Waals surface area contributed by atoms with Gasteiger partial charge in [0, 0.05) is 23.9 Å². The Labute approximate surface area is 175 Å². The second kappa shape index (κ2) is 12.3. The summed E-state index contributed by atoms with van der Waals surface area (Å²) >= 11 is 0. The second-order valence-electron chi connectivity index (χ2n) is 6.47. The third-order valence-corrected chi connectivity index (χ3v) is 4.78. The summed E-state index contributed by atoms with van der Waals surface area (Å²) in [5.41, 5.74) is 2.52. The molecule has 0 amide bonds. The van der Waals surface area contributed by atoms with Gasteiger partial charge in [0.25, 0.3) is 0 Å². The minimum atomic E-state index is -3.39. The highest BCUT2D eigenvalue weighted by Crippen LogP contribution is 2.18. The van der Waals surface area contributed by atoms with Crippen LogP contribution in [0, 0.1) is 5.82 Å². The number of sulfonamides is 1. The lowest BCUT2D eigenvalue weighted by atomic mass is 10.2. The monoisotopic (exact) mass is 423 g/mol. The summed E-state index contributed by atoms with van der Waals surface area (Å²) in [5, 5.41) is 0.620. The molecular weight excluding hydrogens is 389 g/mol. The van der Waals surface area contributed by atoms with E-state index in [-0.39, 0.29) is 5.82 Å². The number of nitrogens with zero attached hydrogens (tertiary/aromatic N) is 1. The quantitative estimate of drug-likeness (QED) is 0.702. The molecule has 0 saturated carbocycles. The van der Waals surface area contributed by atoms with Crippen LogP contribution in [0.4, 0.5) is 4.39 Å². The maximum atomic E-state index is 13.0. The molecule has 162 valence electrons. The summed E-state index contributed by atoms with van der Waals surface area (Å²) in [6, 6.07) is 7.66. The van der Waals surface area contributed by atoms with Crippen molar-refractivity contribution in [2.45, 2.75) is 48.0 Å². The molecule has 0 bridgehead atoms. The van der Waals surface area contributed by atoms with E-state index in [0.29, 0.717) is 22.1 Å². The molecule has 0 radical (unpaired) electrons. The number of hydrogen-bond acceptors (Lipinski definition) is 3. The van der Waals surface area contributed by atoms with Crippen LogP contribution in [0.15, 0.2) is 46.0 Å². The highest BCUT2D eigenvalue weighted by atomic mass is 32.2. The van der Waals surface area contributed by atoms with E-state index in [1.54, 1.807) is 24.3 Å². The molecule has 0 saturated heterocycles. The summed E-state index contributed by atoms with van der Waals surface area (Å²) in [6.45, 7) is 15.8. The van der Waals surface area contributed by atoms with Gasteiger partial charge < -0.3 is 4.42 Å². The third-order valence-electron chi connectivity index (χ3n) is 3.59. The maximum absolute atomic E-state index is 13.0. The summed E-state index contributed by atoms with van der Waals surface area (Å²) < 4.78 is 43.6. The van der Waals surface area contributed by atoms with Crippen molar-refractivity contribution in [2.24, 2.45) is 0 Å². The predicted molar refractivity (Wildman–Crippen MR) is 122 cm³/mol. The van der Waals surface area contributed by atoms with Crippen LogP contribution in [0.25, 0.3) is 24.0 Å². The maximum Gasteiger partial charge on any atom is 0.231 e. The first-order valence-electron chi connectivity index (χ1n) is 9.69. The normalized spacial score (nSPS) is 11.0. The van der Waals surface area contributed by atoms with Crippen molar-refractivity contribution in [2.75, 3.05) is 13.3 Å². The average Bonchev–Trinajstić information content (AvgIpc) is 3.01. The van der Waals surface area contributed by atoms with E-state index in [4.69, 9.17) is 4.42 Å². The Morgan fingerprint density at radius 3 is 2.07 bits per heavy atom. The number of rotatable bonds is 4. The second-order valence-corrected chi connectivity index (χ2v) is 8.49. The van der Waals surface area contributed by atoms with E-state index in [1.807, 2.05) is 27.7 Å². The Kier molecular flexibility index (Phi) is 11.3. The molecule has 0 aliphatic heterocycles. The summed E-state index contributed by atoms with van der Waals surface area (Å²) in [5.74, 6) is 0.218. The first-order chi connectivity index (χ1) is 13.5. The molecule has 0 fully saturated rings. The van der Waals surface area contributed by atoms with Gasteiger partial charge in [-0.05, 0) is 44.2 Å². The van der Waals surface area contributed by atoms with E-state index in [1.165, 1.54) is 29.9 Å². The van der Waals surface area contributed by atoms with Crippen LogP contribution < -0.4 is 10.6 Å². The van der Waals surface area contributed by atoms with Crippen molar-refractivity contribution in [1.82, 2.24) is 4.31 Å². The zero-order valence-corrected chi connectivity index (χ0v) is 19.7. The highest BCUT2D eigenvalue weighted by Gasteiger charge is 2.15. The molecule has 1 heterocycles. The number of furan rings is 1. The van der Waals surface area contributed by atoms with Crippen LogP contribution >= 0.6 is 0 Å². The topological polar surface area (TPSA) is 50.5 Å². The van der Waals surface area contributed by atoms with Crippen molar-refractivity contribution < 1.29 is 17.2 Å². The Morgan fingerprint density at radius 2 is 1.66 bits per heavy atom. The molecule has 0 unspecified atom stereocenters. The van der Waals surface area contributed by atoms with Crippen LogP contribution in [0.5, 0.6) is 0 Å². The molecule has 1 aromatic heterocycles. The minimum Gasteiger partial charge on any atom is -0.456 e. The van der Waals surface area contributed by atoms with E-state index < -0.39 is 10.0 Å². The molecule has 0 aliphatic rings. The van der Waals surface area contributed by atoms with Crippen molar-refractivity contribution in [3.05, 3.63) is 58.1 Å². The Bertz CT molecular complexity index is 999. The summed E-state index contributed by atoms with van der Waals surface area (Å²) in [4.78, 5) is 0. The Morgan fingerprint density at radius 1 is 1.17 bits per heavy atom. The van der Waals surface area contributed by atoms with Gasteiger partial charge >= 0.3 is 0 Å². The lowest BCUT2D eigenvalue weighted by Crippen LogP contribution is -2.27. The summed E-state index contributed by atoms with van der Waals surface area (Å²) in [6.07, 6.45) is 4.03. The lowest BCUT2D eigenvalue weighted by Gasteiger charge is -2.19. The first-order valence-corrected chi connectivity index (χ1v) is 11.5. The average molecular weight is 424 g/mol. The van der Waals surface area contributed by atoms with Gasteiger partial charge in [0.15, 0.2) is 0 Å². The molecule has 1 aromatic carbocycles. The van der Waals surface area contributed by atoms with Gasteiger partial charge in [0.2, 0.25) is 10.0 Å². The van der Waals surface area contributed by atoms with Crippen molar-refractivity contribution >= 4 is 22.7 Å². The zero-order valence-electron chi connectivity index (χ0n) is 18.8. The van der Waals surface area contributed by atoms with E-state index in [9.17, 15) is 12.8 Å². The predicted octanol–water partition coefficient (Wildman–Crippen LogP) is 4.90. The molecule has 6 heteroatoms. The van der Waals surface area contributed by atoms with Gasteiger partial charge in [0.05, 0.1) is 12.0 Å². The molecule has 2 rings (SSSR count). The lowest BCUT2D eigenvalue weighted by molar-refractivity contribution is 0.529. The van der Waals surface area contributed by atoms with E-state index in [2.05, 4.69) is 20.4 Å². The van der Waals surface area contributed by atoms with Gasteiger partial charge in [-0.2, -0.15) is 0 Å². The SMILES string of the molecule is C=c1cc(-c2ccc(F)cc2)o/c1=C/C(=C(C)C)N(C)S(C)(=O)=O.CC.CCC. The van der Waals surface area contributed by atoms with Crippen molar-refractivity contribution in [3.8, 4) is 11.3 Å². The van der Waals surface area contributed by atoms with Crippen LogP contribution in [-0.4, -0.2) is 26.0 Å². The van der Waals surface area contributed by atoms with Gasteiger partial charge in [0.1, 0.15) is 17.0 Å².